The summed E-state index contributed by atoms with van der Waals surface area (Å²) in [4.78, 5) is 50.8. The zero-order valence-corrected chi connectivity index (χ0v) is 26.6. The zero-order valence-electron chi connectivity index (χ0n) is 26.6. The molecule has 246 valence electrons. The molecule has 0 unspecified atom stereocenters. The molecule has 0 bridgehead atoms. The topological polar surface area (TPSA) is 147 Å². The number of imide groups is 2. The van der Waals surface area contributed by atoms with Gasteiger partial charge in [-0.2, -0.15) is 0 Å². The van der Waals surface area contributed by atoms with Gasteiger partial charge in [0.25, 0.3) is 17.5 Å². The van der Waals surface area contributed by atoms with E-state index >= 15 is 0 Å². The lowest BCUT2D eigenvalue weighted by Crippen LogP contribution is -2.53. The second-order valence-corrected chi connectivity index (χ2v) is 10.4. The number of carbonyl (C=O) groups excluding carboxylic acids is 3. The maximum atomic E-state index is 13.6. The number of non-ortho nitro benzene ring substituents is 1. The van der Waals surface area contributed by atoms with Crippen LogP contribution in [0.5, 0.6) is 23.0 Å². The zero-order chi connectivity index (χ0) is 33.9. The van der Waals surface area contributed by atoms with E-state index in [-0.39, 0.29) is 24.4 Å². The van der Waals surface area contributed by atoms with E-state index in [1.807, 2.05) is 13.8 Å². The average Bonchev–Trinajstić information content (AvgIpc) is 3.05. The molecule has 1 aliphatic rings. The molecule has 3 aromatic rings. The second kappa shape index (κ2) is 16.1. The molecule has 1 saturated heterocycles. The van der Waals surface area contributed by atoms with Crippen molar-refractivity contribution in [2.24, 2.45) is 0 Å². The Labute approximate surface area is 272 Å². The van der Waals surface area contributed by atoms with Gasteiger partial charge in [-0.25, -0.2) is 4.79 Å². The Kier molecular flexibility index (Phi) is 11.7. The number of nitrogens with zero attached hydrogens (tertiary/aromatic N) is 2. The molecule has 0 saturated carbocycles. The Morgan fingerprint density at radius 3 is 2.23 bits per heavy atom. The van der Waals surface area contributed by atoms with Crippen LogP contribution >= 0.6 is 0 Å². The molecule has 1 N–H and O–H groups in total. The Hall–Kier alpha value is -5.65. The van der Waals surface area contributed by atoms with Gasteiger partial charge in [-0.3, -0.25) is 29.9 Å². The second-order valence-electron chi connectivity index (χ2n) is 10.4. The number of hydrogen-bond donors (Lipinski definition) is 1. The van der Waals surface area contributed by atoms with Crippen LogP contribution in [0.1, 0.15) is 49.4 Å². The van der Waals surface area contributed by atoms with E-state index in [4.69, 9.17) is 18.9 Å². The van der Waals surface area contributed by atoms with Crippen molar-refractivity contribution in [1.29, 1.82) is 0 Å². The number of ether oxygens (including phenoxy) is 4. The molecule has 4 amide bonds. The molecular weight excluding hydrogens is 606 g/mol. The number of barbiturate groups is 1. The van der Waals surface area contributed by atoms with E-state index in [1.165, 1.54) is 18.2 Å². The van der Waals surface area contributed by atoms with Crippen molar-refractivity contribution in [3.8, 4) is 23.0 Å². The molecule has 47 heavy (non-hydrogen) atoms. The molecule has 0 spiro atoms. The third-order valence-corrected chi connectivity index (χ3v) is 6.96. The van der Waals surface area contributed by atoms with Crippen LogP contribution in [0, 0.1) is 10.1 Å². The summed E-state index contributed by atoms with van der Waals surface area (Å²) in [6.45, 7) is 10.7. The van der Waals surface area contributed by atoms with Crippen LogP contribution in [0.3, 0.4) is 0 Å². The molecule has 1 heterocycles. The van der Waals surface area contributed by atoms with E-state index in [0.29, 0.717) is 71.5 Å². The minimum atomic E-state index is -0.834. The molecule has 12 nitrogen and oxygen atoms in total. The lowest BCUT2D eigenvalue weighted by molar-refractivity contribution is -0.384. The normalized spacial score (nSPS) is 13.7. The number of nitro groups is 1. The summed E-state index contributed by atoms with van der Waals surface area (Å²) in [5.41, 5.74) is 2.20. The highest BCUT2D eigenvalue weighted by Gasteiger charge is 2.36. The van der Waals surface area contributed by atoms with Crippen LogP contribution < -0.4 is 24.3 Å². The molecule has 0 aliphatic carbocycles. The predicted molar refractivity (Wildman–Crippen MR) is 174 cm³/mol. The van der Waals surface area contributed by atoms with Crippen LogP contribution in [0.25, 0.3) is 6.08 Å². The largest absolute Gasteiger partial charge is 0.490 e. The van der Waals surface area contributed by atoms with Crippen LogP contribution in [-0.2, 0) is 29.2 Å². The Morgan fingerprint density at radius 2 is 1.57 bits per heavy atom. The third-order valence-electron chi connectivity index (χ3n) is 6.96. The molecule has 0 aromatic heterocycles. The van der Waals surface area contributed by atoms with Crippen LogP contribution in [-0.4, -0.2) is 47.5 Å². The van der Waals surface area contributed by atoms with Gasteiger partial charge in [0.15, 0.2) is 23.0 Å². The fourth-order valence-electron chi connectivity index (χ4n) is 4.81. The monoisotopic (exact) mass is 643 g/mol. The quantitative estimate of drug-likeness (QED) is 0.0638. The summed E-state index contributed by atoms with van der Waals surface area (Å²) in [6.07, 6.45) is 4.27. The smallest absolute Gasteiger partial charge is 0.331 e. The maximum absolute atomic E-state index is 13.6. The molecular formula is C35H37N3O9. The van der Waals surface area contributed by atoms with Crippen molar-refractivity contribution < 1.29 is 38.3 Å². The molecule has 1 aliphatic heterocycles. The minimum Gasteiger partial charge on any atom is -0.490 e. The van der Waals surface area contributed by atoms with Gasteiger partial charge < -0.3 is 18.9 Å². The number of carbonyl (C=O) groups is 3. The molecule has 3 aromatic carbocycles. The first-order valence-corrected chi connectivity index (χ1v) is 15.2. The first-order valence-electron chi connectivity index (χ1n) is 15.2. The van der Waals surface area contributed by atoms with Crippen LogP contribution in [0.2, 0.25) is 0 Å². The van der Waals surface area contributed by atoms with Gasteiger partial charge >= 0.3 is 6.03 Å². The summed E-state index contributed by atoms with van der Waals surface area (Å²) in [6, 6.07) is 13.7. The van der Waals surface area contributed by atoms with Gasteiger partial charge in [-0.1, -0.05) is 19.1 Å². The number of benzene rings is 3. The van der Waals surface area contributed by atoms with Crippen molar-refractivity contribution >= 4 is 29.6 Å². The van der Waals surface area contributed by atoms with Gasteiger partial charge in [-0.05, 0) is 85.9 Å². The fourth-order valence-corrected chi connectivity index (χ4v) is 4.81. The standard InChI is InChI=1S/C35H37N3O9/c1-5-9-26-17-25(20-31(45-8-4)32(26)47-22-23-10-13-27(14-11-23)38(42)43)18-28-33(39)36-35(41)37(34(28)40)21-24-12-15-29(46-16-6-2)30(19-24)44-7-3/h5,10-15,17-20H,1,6-9,16,21-22H2,2-4H3,(H,36,39,41)/b28-18+. The average molecular weight is 644 g/mol. The molecule has 0 atom stereocenters. The highest BCUT2D eigenvalue weighted by molar-refractivity contribution is 6.31. The highest BCUT2D eigenvalue weighted by Crippen LogP contribution is 2.36. The number of nitrogens with one attached hydrogen (secondary N) is 1. The van der Waals surface area contributed by atoms with Gasteiger partial charge in [0.1, 0.15) is 12.2 Å². The van der Waals surface area contributed by atoms with Gasteiger partial charge in [0.05, 0.1) is 31.3 Å². The number of hydrogen-bond acceptors (Lipinski definition) is 9. The lowest BCUT2D eigenvalue weighted by atomic mass is 10.0. The first kappa shape index (κ1) is 34.2. The summed E-state index contributed by atoms with van der Waals surface area (Å²) < 4.78 is 23.5. The lowest BCUT2D eigenvalue weighted by Gasteiger charge is -2.27. The maximum Gasteiger partial charge on any atom is 0.331 e. The van der Waals surface area contributed by atoms with Crippen molar-refractivity contribution in [1.82, 2.24) is 10.2 Å². The van der Waals surface area contributed by atoms with E-state index in [1.54, 1.807) is 55.5 Å². The third kappa shape index (κ3) is 8.54. The van der Waals surface area contributed by atoms with Crippen LogP contribution in [0.15, 0.2) is 72.8 Å². The number of urea groups is 1. The van der Waals surface area contributed by atoms with Crippen molar-refractivity contribution in [3.63, 3.8) is 0 Å². The molecule has 4 rings (SSSR count). The van der Waals surface area contributed by atoms with E-state index in [0.717, 1.165) is 11.3 Å². The summed E-state index contributed by atoms with van der Waals surface area (Å²) in [5, 5.41) is 13.3. The van der Waals surface area contributed by atoms with Gasteiger partial charge in [0.2, 0.25) is 0 Å². The van der Waals surface area contributed by atoms with Gasteiger partial charge in [-0.15, -0.1) is 6.58 Å². The molecule has 12 heteroatoms. The Bertz CT molecular complexity index is 1680. The van der Waals surface area contributed by atoms with E-state index in [2.05, 4.69) is 11.9 Å². The van der Waals surface area contributed by atoms with Gasteiger partial charge in [0, 0.05) is 17.7 Å². The van der Waals surface area contributed by atoms with Crippen molar-refractivity contribution in [2.45, 2.75) is 46.8 Å². The number of rotatable bonds is 16. The first-order chi connectivity index (χ1) is 22.7. The summed E-state index contributed by atoms with van der Waals surface area (Å²) in [5.74, 6) is 0.263. The Balaban J connectivity index is 1.63. The number of amides is 4. The van der Waals surface area contributed by atoms with Crippen LogP contribution in [0.4, 0.5) is 10.5 Å². The highest BCUT2D eigenvalue weighted by atomic mass is 16.6. The van der Waals surface area contributed by atoms with E-state index in [9.17, 15) is 24.5 Å². The minimum absolute atomic E-state index is 0.0276. The number of nitro benzene ring substituents is 1. The van der Waals surface area contributed by atoms with Crippen molar-refractivity contribution in [2.75, 3.05) is 19.8 Å². The molecule has 1 fully saturated rings. The predicted octanol–water partition coefficient (Wildman–Crippen LogP) is 6.15. The van der Waals surface area contributed by atoms with E-state index < -0.39 is 22.8 Å². The fraction of sp³-hybridized carbons (Fsp3) is 0.286. The molecule has 0 radical (unpaired) electrons. The van der Waals surface area contributed by atoms with Crippen molar-refractivity contribution in [3.05, 3.63) is 105 Å². The SMILES string of the molecule is C=CCc1cc(/C=C2\C(=O)NC(=O)N(Cc3ccc(OCCC)c(OCC)c3)C2=O)cc(OCC)c1OCc1ccc([N+](=O)[O-])cc1. The summed E-state index contributed by atoms with van der Waals surface area (Å²) >= 11 is 0. The Morgan fingerprint density at radius 1 is 0.872 bits per heavy atom. The number of allylic oxidation sites excluding steroid dienone is 1. The summed E-state index contributed by atoms with van der Waals surface area (Å²) in [7, 11) is 0.